The summed E-state index contributed by atoms with van der Waals surface area (Å²) in [5.74, 6) is 0.257. The number of amides is 2. The van der Waals surface area contributed by atoms with E-state index in [9.17, 15) is 18.0 Å². The molecule has 1 aliphatic rings. The number of benzene rings is 1. The molecule has 4 aromatic rings. The van der Waals surface area contributed by atoms with Gasteiger partial charge < -0.3 is 16.0 Å². The molecule has 0 radical (unpaired) electrons. The SMILES string of the molecule is Cc1ccc(NC(=O)N2CCC(OC(F)(F)F)C2)cc1-n1cc(-c2cnc3c(N)ncnn23)cn1. The van der Waals surface area contributed by atoms with Crippen molar-refractivity contribution in [2.45, 2.75) is 25.8 Å². The van der Waals surface area contributed by atoms with Gasteiger partial charge in [-0.05, 0) is 31.0 Å². The third-order valence-electron chi connectivity index (χ3n) is 5.65. The predicted octanol–water partition coefficient (Wildman–Crippen LogP) is 3.01. The summed E-state index contributed by atoms with van der Waals surface area (Å²) in [6, 6.07) is 4.76. The molecule has 4 heterocycles. The Morgan fingerprint density at radius 3 is 2.86 bits per heavy atom. The number of halogens is 3. The number of fused-ring (bicyclic) bond motifs is 1. The Bertz CT molecular complexity index is 1400. The molecule has 3 aromatic heterocycles. The van der Waals surface area contributed by atoms with Crippen LogP contribution in [0.1, 0.15) is 12.0 Å². The van der Waals surface area contributed by atoms with E-state index in [0.717, 1.165) is 11.1 Å². The van der Waals surface area contributed by atoms with Gasteiger partial charge in [-0.1, -0.05) is 6.07 Å². The van der Waals surface area contributed by atoms with Crippen molar-refractivity contribution >= 4 is 23.2 Å². The standard InChI is InChI=1S/C21H20F3N9O2/c1-12-2-3-14(30-20(34)31-5-4-15(10-31)35-21(22,23)24)6-16(12)32-9-13(7-28-32)17-8-26-19-18(25)27-11-29-33(17)19/h2-3,6-9,11,15H,4-5,10H2,1H3,(H,30,34)(H2,25,27,29). The van der Waals surface area contributed by atoms with Crippen LogP contribution in [0, 0.1) is 6.92 Å². The first-order chi connectivity index (χ1) is 16.7. The van der Waals surface area contributed by atoms with Crippen LogP contribution in [-0.4, -0.2) is 65.8 Å². The average molecular weight is 487 g/mol. The van der Waals surface area contributed by atoms with Gasteiger partial charge in [-0.25, -0.2) is 24.0 Å². The van der Waals surface area contributed by atoms with E-state index >= 15 is 0 Å². The monoisotopic (exact) mass is 487 g/mol. The third-order valence-corrected chi connectivity index (χ3v) is 5.65. The fourth-order valence-corrected chi connectivity index (χ4v) is 3.95. The van der Waals surface area contributed by atoms with E-state index in [4.69, 9.17) is 5.73 Å². The van der Waals surface area contributed by atoms with Gasteiger partial charge >= 0.3 is 12.4 Å². The summed E-state index contributed by atoms with van der Waals surface area (Å²) in [5, 5.41) is 11.4. The number of nitrogen functional groups attached to an aromatic ring is 1. The first kappa shape index (κ1) is 22.6. The van der Waals surface area contributed by atoms with Crippen molar-refractivity contribution in [2.75, 3.05) is 24.1 Å². The molecule has 1 unspecified atom stereocenters. The minimum absolute atomic E-state index is 0.113. The molecule has 11 nitrogen and oxygen atoms in total. The highest BCUT2D eigenvalue weighted by atomic mass is 19.4. The van der Waals surface area contributed by atoms with Gasteiger partial charge in [0.2, 0.25) is 0 Å². The summed E-state index contributed by atoms with van der Waals surface area (Å²) in [6.07, 6.45) is 0.712. The van der Waals surface area contributed by atoms with Crippen LogP contribution in [0.3, 0.4) is 0 Å². The molecule has 0 bridgehead atoms. The number of aryl methyl sites for hydroxylation is 1. The lowest BCUT2D eigenvalue weighted by Crippen LogP contribution is -2.35. The number of nitrogens with two attached hydrogens (primary N) is 1. The maximum atomic E-state index is 12.6. The topological polar surface area (TPSA) is 128 Å². The third kappa shape index (κ3) is 4.59. The molecule has 2 amide bonds. The van der Waals surface area contributed by atoms with Crippen LogP contribution in [0.2, 0.25) is 0 Å². The summed E-state index contributed by atoms with van der Waals surface area (Å²) < 4.78 is 44.6. The van der Waals surface area contributed by atoms with Crippen molar-refractivity contribution in [2.24, 2.45) is 0 Å². The highest BCUT2D eigenvalue weighted by Crippen LogP contribution is 2.26. The molecule has 35 heavy (non-hydrogen) atoms. The molecule has 14 heteroatoms. The van der Waals surface area contributed by atoms with Gasteiger partial charge in [-0.3, -0.25) is 4.74 Å². The zero-order valence-corrected chi connectivity index (χ0v) is 18.4. The highest BCUT2D eigenvalue weighted by molar-refractivity contribution is 5.90. The van der Waals surface area contributed by atoms with E-state index in [1.807, 2.05) is 13.0 Å². The molecule has 0 aliphatic carbocycles. The van der Waals surface area contributed by atoms with Gasteiger partial charge in [0.1, 0.15) is 6.33 Å². The van der Waals surface area contributed by atoms with Gasteiger partial charge in [-0.2, -0.15) is 10.2 Å². The molecule has 1 aliphatic heterocycles. The number of carbonyl (C=O) groups is 1. The van der Waals surface area contributed by atoms with Crippen molar-refractivity contribution in [1.29, 1.82) is 0 Å². The second-order valence-electron chi connectivity index (χ2n) is 8.05. The normalized spacial score (nSPS) is 16.2. The lowest BCUT2D eigenvalue weighted by Gasteiger charge is -2.18. The van der Waals surface area contributed by atoms with Gasteiger partial charge in [0.25, 0.3) is 0 Å². The summed E-state index contributed by atoms with van der Waals surface area (Å²) in [4.78, 5) is 22.1. The van der Waals surface area contributed by atoms with Gasteiger partial charge in [-0.15, -0.1) is 13.2 Å². The summed E-state index contributed by atoms with van der Waals surface area (Å²) in [6.45, 7) is 1.92. The Morgan fingerprint density at radius 1 is 1.23 bits per heavy atom. The number of nitrogens with one attached hydrogen (secondary N) is 1. The molecule has 3 N–H and O–H groups in total. The fourth-order valence-electron chi connectivity index (χ4n) is 3.95. The zero-order chi connectivity index (χ0) is 24.7. The van der Waals surface area contributed by atoms with E-state index in [1.54, 1.807) is 39.9 Å². The van der Waals surface area contributed by atoms with Crippen LogP contribution in [0.4, 0.5) is 29.5 Å². The van der Waals surface area contributed by atoms with Gasteiger partial charge in [0.15, 0.2) is 11.5 Å². The number of hydrogen-bond acceptors (Lipinski definition) is 7. The van der Waals surface area contributed by atoms with Crippen molar-refractivity contribution < 1.29 is 22.7 Å². The maximum absolute atomic E-state index is 12.6. The summed E-state index contributed by atoms with van der Waals surface area (Å²) in [5.41, 5.74) is 9.76. The zero-order valence-electron chi connectivity index (χ0n) is 18.4. The fraction of sp³-hybridized carbons (Fsp3) is 0.286. The number of nitrogens with zero attached hydrogens (tertiary/aromatic N) is 7. The summed E-state index contributed by atoms with van der Waals surface area (Å²) >= 11 is 0. The highest BCUT2D eigenvalue weighted by Gasteiger charge is 2.37. The van der Waals surface area contributed by atoms with E-state index in [2.05, 4.69) is 30.2 Å². The van der Waals surface area contributed by atoms with Gasteiger partial charge in [0.05, 0.1) is 29.9 Å². The molecular formula is C21H20F3N9O2. The Morgan fingerprint density at radius 2 is 2.06 bits per heavy atom. The lowest BCUT2D eigenvalue weighted by molar-refractivity contribution is -0.340. The Hall–Kier alpha value is -4.20. The molecule has 1 aromatic carbocycles. The molecule has 1 fully saturated rings. The minimum atomic E-state index is -4.73. The quantitative estimate of drug-likeness (QED) is 0.453. The number of alkyl halides is 3. The van der Waals surface area contributed by atoms with E-state index in [-0.39, 0.29) is 25.3 Å². The first-order valence-corrected chi connectivity index (χ1v) is 10.6. The number of imidazole rings is 1. The predicted molar refractivity (Wildman–Crippen MR) is 119 cm³/mol. The van der Waals surface area contributed by atoms with E-state index in [0.29, 0.717) is 22.7 Å². The van der Waals surface area contributed by atoms with Crippen molar-refractivity contribution in [1.82, 2.24) is 34.3 Å². The largest absolute Gasteiger partial charge is 0.522 e. The molecule has 5 rings (SSSR count). The van der Waals surface area contributed by atoms with Crippen molar-refractivity contribution in [3.05, 3.63) is 48.7 Å². The molecule has 1 atom stereocenters. The number of hydrogen-bond donors (Lipinski definition) is 2. The Kier molecular flexibility index (Phi) is 5.51. The van der Waals surface area contributed by atoms with Crippen LogP contribution in [0.15, 0.2) is 43.1 Å². The number of anilines is 2. The number of rotatable bonds is 4. The van der Waals surface area contributed by atoms with Crippen LogP contribution >= 0.6 is 0 Å². The molecule has 0 spiro atoms. The number of ether oxygens (including phenoxy) is 1. The van der Waals surface area contributed by atoms with Crippen molar-refractivity contribution in [3.63, 3.8) is 0 Å². The second kappa shape index (κ2) is 8.54. The Labute approximate surface area is 196 Å². The number of carbonyl (C=O) groups excluding carboxylic acids is 1. The van der Waals surface area contributed by atoms with Crippen LogP contribution in [0.5, 0.6) is 0 Å². The summed E-state index contributed by atoms with van der Waals surface area (Å²) in [7, 11) is 0. The second-order valence-corrected chi connectivity index (χ2v) is 8.05. The van der Waals surface area contributed by atoms with Gasteiger partial charge in [0, 0.05) is 30.5 Å². The first-order valence-electron chi connectivity index (χ1n) is 10.6. The van der Waals surface area contributed by atoms with E-state index in [1.165, 1.54) is 11.2 Å². The van der Waals surface area contributed by atoms with Crippen LogP contribution in [-0.2, 0) is 4.74 Å². The van der Waals surface area contributed by atoms with Crippen LogP contribution < -0.4 is 11.1 Å². The molecule has 182 valence electrons. The maximum Gasteiger partial charge on any atom is 0.522 e. The molecule has 1 saturated heterocycles. The average Bonchev–Trinajstić information content (AvgIpc) is 3.53. The minimum Gasteiger partial charge on any atom is -0.381 e. The van der Waals surface area contributed by atoms with E-state index < -0.39 is 18.5 Å². The van der Waals surface area contributed by atoms with Crippen LogP contribution in [0.25, 0.3) is 22.6 Å². The number of likely N-dealkylation sites (tertiary alicyclic amines) is 1. The number of urea groups is 1. The number of aromatic nitrogens is 6. The smallest absolute Gasteiger partial charge is 0.381 e. The van der Waals surface area contributed by atoms with Crippen molar-refractivity contribution in [3.8, 4) is 16.9 Å². The Balaban J connectivity index is 1.34. The lowest BCUT2D eigenvalue weighted by atomic mass is 10.2. The molecule has 0 saturated carbocycles. The molecular weight excluding hydrogens is 467 g/mol.